The van der Waals surface area contributed by atoms with Crippen LogP contribution in [0.15, 0.2) is 22.7 Å². The van der Waals surface area contributed by atoms with Crippen molar-refractivity contribution in [2.75, 3.05) is 0 Å². The Morgan fingerprint density at radius 2 is 2.06 bits per heavy atom. The van der Waals surface area contributed by atoms with Gasteiger partial charge in [-0.05, 0) is 35.8 Å². The predicted octanol–water partition coefficient (Wildman–Crippen LogP) is 2.99. The molecule has 0 bridgehead atoms. The fourth-order valence-electron chi connectivity index (χ4n) is 2.16. The highest BCUT2D eigenvalue weighted by Gasteiger charge is 2.21. The van der Waals surface area contributed by atoms with Crippen LogP contribution in [0.1, 0.15) is 28.6 Å². The van der Waals surface area contributed by atoms with Gasteiger partial charge < -0.3 is 5.73 Å². The van der Waals surface area contributed by atoms with Crippen LogP contribution in [0.2, 0.25) is 0 Å². The molecule has 0 saturated heterocycles. The molecule has 2 aromatic rings. The minimum absolute atomic E-state index is 0.312. The third-order valence-electron chi connectivity index (χ3n) is 3.19. The van der Waals surface area contributed by atoms with Crippen molar-refractivity contribution in [3.05, 3.63) is 51.0 Å². The van der Waals surface area contributed by atoms with Gasteiger partial charge in [-0.3, -0.25) is 4.68 Å². The van der Waals surface area contributed by atoms with Gasteiger partial charge in [-0.15, -0.1) is 0 Å². The maximum Gasteiger partial charge on any atom is 0.142 e. The minimum atomic E-state index is -0.504. The van der Waals surface area contributed by atoms with Crippen molar-refractivity contribution in [2.24, 2.45) is 12.8 Å². The van der Waals surface area contributed by atoms with Gasteiger partial charge in [0.15, 0.2) is 0 Å². The summed E-state index contributed by atoms with van der Waals surface area (Å²) in [6.45, 7) is 3.82. The first-order chi connectivity index (χ1) is 8.43. The lowest BCUT2D eigenvalue weighted by atomic mass is 9.97. The molecule has 0 radical (unpaired) electrons. The molecule has 0 aliphatic rings. The highest BCUT2D eigenvalue weighted by Crippen LogP contribution is 2.29. The molecular formula is C13H15BrFN3. The van der Waals surface area contributed by atoms with Crippen molar-refractivity contribution >= 4 is 15.9 Å². The molecule has 1 aromatic heterocycles. The Morgan fingerprint density at radius 3 is 2.61 bits per heavy atom. The zero-order valence-corrected chi connectivity index (χ0v) is 12.1. The largest absolute Gasteiger partial charge is 0.320 e. The number of aryl methyl sites for hydroxylation is 2. The highest BCUT2D eigenvalue weighted by atomic mass is 79.9. The molecule has 3 nitrogen and oxygen atoms in total. The molecule has 2 rings (SSSR count). The van der Waals surface area contributed by atoms with Gasteiger partial charge in [0.2, 0.25) is 0 Å². The van der Waals surface area contributed by atoms with Crippen molar-refractivity contribution in [2.45, 2.75) is 19.9 Å². The van der Waals surface area contributed by atoms with Crippen molar-refractivity contribution in [3.8, 4) is 0 Å². The molecule has 0 saturated carbocycles. The van der Waals surface area contributed by atoms with Crippen molar-refractivity contribution in [1.29, 1.82) is 0 Å². The third kappa shape index (κ3) is 2.08. The number of hydrogen-bond acceptors (Lipinski definition) is 2. The first kappa shape index (κ1) is 13.2. The number of nitrogens with two attached hydrogens (primary N) is 1. The van der Waals surface area contributed by atoms with Crippen LogP contribution in [0.3, 0.4) is 0 Å². The molecule has 5 heteroatoms. The van der Waals surface area contributed by atoms with Crippen LogP contribution in [0.25, 0.3) is 0 Å². The topological polar surface area (TPSA) is 43.8 Å². The van der Waals surface area contributed by atoms with E-state index in [4.69, 9.17) is 5.73 Å². The molecule has 2 N–H and O–H groups in total. The van der Waals surface area contributed by atoms with Gasteiger partial charge in [0.1, 0.15) is 5.82 Å². The molecule has 1 heterocycles. The Balaban J connectivity index is 2.54. The van der Waals surface area contributed by atoms with E-state index in [1.54, 1.807) is 22.9 Å². The summed E-state index contributed by atoms with van der Waals surface area (Å²) in [5.41, 5.74) is 9.34. The van der Waals surface area contributed by atoms with E-state index in [2.05, 4.69) is 21.0 Å². The second-order valence-corrected chi connectivity index (χ2v) is 5.18. The Morgan fingerprint density at radius 1 is 1.39 bits per heavy atom. The van der Waals surface area contributed by atoms with Gasteiger partial charge in [0.25, 0.3) is 0 Å². The van der Waals surface area contributed by atoms with Gasteiger partial charge in [-0.2, -0.15) is 5.10 Å². The van der Waals surface area contributed by atoms with E-state index < -0.39 is 6.04 Å². The van der Waals surface area contributed by atoms with E-state index in [0.717, 1.165) is 17.0 Å². The van der Waals surface area contributed by atoms with Gasteiger partial charge in [-0.25, -0.2) is 4.39 Å². The number of benzene rings is 1. The van der Waals surface area contributed by atoms with E-state index >= 15 is 0 Å². The van der Waals surface area contributed by atoms with Crippen molar-refractivity contribution < 1.29 is 4.39 Å². The predicted molar refractivity (Wildman–Crippen MR) is 72.8 cm³/mol. The van der Waals surface area contributed by atoms with Crippen LogP contribution in [-0.2, 0) is 7.05 Å². The fourth-order valence-corrected chi connectivity index (χ4v) is 2.54. The zero-order chi connectivity index (χ0) is 13.4. The molecule has 0 spiro atoms. The molecule has 1 aromatic carbocycles. The summed E-state index contributed by atoms with van der Waals surface area (Å²) in [5.74, 6) is -0.312. The van der Waals surface area contributed by atoms with E-state index in [-0.39, 0.29) is 5.82 Å². The van der Waals surface area contributed by atoms with Crippen molar-refractivity contribution in [1.82, 2.24) is 9.78 Å². The second-order valence-electron chi connectivity index (χ2n) is 4.33. The summed E-state index contributed by atoms with van der Waals surface area (Å²) < 4.78 is 16.2. The quantitative estimate of drug-likeness (QED) is 0.926. The summed E-state index contributed by atoms with van der Waals surface area (Å²) in [6.07, 6.45) is 0. The molecule has 1 atom stereocenters. The van der Waals surface area contributed by atoms with Crippen LogP contribution < -0.4 is 5.73 Å². The van der Waals surface area contributed by atoms with Crippen LogP contribution in [0.4, 0.5) is 4.39 Å². The number of rotatable bonds is 2. The summed E-state index contributed by atoms with van der Waals surface area (Å²) in [5, 5.41) is 4.31. The lowest BCUT2D eigenvalue weighted by molar-refractivity contribution is 0.592. The van der Waals surface area contributed by atoms with Gasteiger partial charge >= 0.3 is 0 Å². The molecule has 0 aliphatic carbocycles. The molecule has 18 heavy (non-hydrogen) atoms. The molecule has 0 fully saturated rings. The number of aromatic nitrogens is 2. The average Bonchev–Trinajstić information content (AvgIpc) is 2.56. The summed E-state index contributed by atoms with van der Waals surface area (Å²) in [6, 6.07) is 4.64. The summed E-state index contributed by atoms with van der Waals surface area (Å²) in [7, 11) is 1.86. The van der Waals surface area contributed by atoms with E-state index in [9.17, 15) is 4.39 Å². The molecule has 0 aliphatic heterocycles. The Bertz CT molecular complexity index is 592. The lowest BCUT2D eigenvalue weighted by Crippen LogP contribution is -2.15. The van der Waals surface area contributed by atoms with Crippen LogP contribution >= 0.6 is 15.9 Å². The Hall–Kier alpha value is -1.20. The third-order valence-corrected chi connectivity index (χ3v) is 3.80. The zero-order valence-electron chi connectivity index (χ0n) is 10.5. The Labute approximate surface area is 114 Å². The van der Waals surface area contributed by atoms with Crippen LogP contribution in [0.5, 0.6) is 0 Å². The van der Waals surface area contributed by atoms with E-state index in [0.29, 0.717) is 10.0 Å². The smallest absolute Gasteiger partial charge is 0.142 e. The normalized spacial score (nSPS) is 12.8. The van der Waals surface area contributed by atoms with E-state index in [1.807, 2.05) is 20.9 Å². The number of halogens is 2. The monoisotopic (exact) mass is 311 g/mol. The highest BCUT2D eigenvalue weighted by molar-refractivity contribution is 9.10. The second kappa shape index (κ2) is 4.82. The molecular weight excluding hydrogens is 297 g/mol. The molecule has 0 amide bonds. The molecule has 1 unspecified atom stereocenters. The average molecular weight is 312 g/mol. The lowest BCUT2D eigenvalue weighted by Gasteiger charge is -2.14. The van der Waals surface area contributed by atoms with E-state index in [1.165, 1.54) is 0 Å². The SMILES string of the molecule is Cc1nn(C)c(C)c1C(N)c1cccc(Br)c1F. The standard InChI is InChI=1S/C13H15BrFN3/c1-7-11(8(2)18(3)17-7)13(16)9-5-4-6-10(14)12(9)15/h4-6,13H,16H2,1-3H3. The van der Waals surface area contributed by atoms with Gasteiger partial charge in [-0.1, -0.05) is 12.1 Å². The van der Waals surface area contributed by atoms with Gasteiger partial charge in [0.05, 0.1) is 16.2 Å². The fraction of sp³-hybridized carbons (Fsp3) is 0.308. The first-order valence-corrected chi connectivity index (χ1v) is 6.42. The maximum absolute atomic E-state index is 14.1. The first-order valence-electron chi connectivity index (χ1n) is 5.63. The summed E-state index contributed by atoms with van der Waals surface area (Å²) in [4.78, 5) is 0. The maximum atomic E-state index is 14.1. The minimum Gasteiger partial charge on any atom is -0.320 e. The van der Waals surface area contributed by atoms with Crippen LogP contribution in [0, 0.1) is 19.7 Å². The number of hydrogen-bond donors (Lipinski definition) is 1. The van der Waals surface area contributed by atoms with Gasteiger partial charge in [0, 0.05) is 23.9 Å². The molecule has 96 valence electrons. The number of nitrogens with zero attached hydrogens (tertiary/aromatic N) is 2. The Kier molecular flexibility index (Phi) is 3.54. The van der Waals surface area contributed by atoms with Crippen LogP contribution in [-0.4, -0.2) is 9.78 Å². The summed E-state index contributed by atoms with van der Waals surface area (Å²) >= 11 is 3.18. The van der Waals surface area contributed by atoms with Crippen molar-refractivity contribution in [3.63, 3.8) is 0 Å².